The van der Waals surface area contributed by atoms with Crippen molar-refractivity contribution in [3.8, 4) is 5.75 Å². The maximum absolute atomic E-state index is 13.1. The molecule has 1 amide bonds. The molecule has 0 atom stereocenters. The van der Waals surface area contributed by atoms with E-state index in [0.29, 0.717) is 6.54 Å². The zero-order chi connectivity index (χ0) is 17.1. The molecule has 0 aromatic heterocycles. The monoisotopic (exact) mass is 387 g/mol. The molecule has 0 saturated heterocycles. The lowest BCUT2D eigenvalue weighted by atomic mass is 9.98. The topological polar surface area (TPSA) is 44.8 Å². The fourth-order valence-corrected chi connectivity index (χ4v) is 3.79. The van der Waals surface area contributed by atoms with Crippen LogP contribution in [0.15, 0.2) is 40.9 Å². The van der Waals surface area contributed by atoms with Gasteiger partial charge in [-0.2, -0.15) is 0 Å². The van der Waals surface area contributed by atoms with Crippen LogP contribution in [-0.4, -0.2) is 18.6 Å². The number of carbonyl (C=O) groups is 1. The second-order valence-electron chi connectivity index (χ2n) is 6.52. The molecule has 2 aromatic carbocycles. The van der Waals surface area contributed by atoms with Gasteiger partial charge in [-0.1, -0.05) is 28.1 Å². The van der Waals surface area contributed by atoms with E-state index in [4.69, 9.17) is 4.74 Å². The number of nitrogens with zero attached hydrogens (tertiary/aromatic N) is 2. The molecule has 2 aliphatic heterocycles. The summed E-state index contributed by atoms with van der Waals surface area (Å²) in [7, 11) is 1.65. The standard InChI is InChI=1S/C18H18BrN3O2/c1-18(2)17(23)22-16-11(12(19)8-9-13(16)20-18)10-21(22)14-6-4-5-7-15(14)24-3/h4-9,20H,10H2,1-3H3. The highest BCUT2D eigenvalue weighted by Gasteiger charge is 2.46. The minimum Gasteiger partial charge on any atom is -0.495 e. The molecule has 2 aliphatic rings. The molecule has 0 bridgehead atoms. The number of nitrogens with one attached hydrogen (secondary N) is 1. The van der Waals surface area contributed by atoms with E-state index in [0.717, 1.165) is 32.8 Å². The van der Waals surface area contributed by atoms with Gasteiger partial charge < -0.3 is 10.1 Å². The summed E-state index contributed by atoms with van der Waals surface area (Å²) in [5.74, 6) is 0.755. The number of hydrogen-bond acceptors (Lipinski definition) is 4. The van der Waals surface area contributed by atoms with Crippen molar-refractivity contribution in [2.75, 3.05) is 22.4 Å². The summed E-state index contributed by atoms with van der Waals surface area (Å²) in [4.78, 5) is 13.1. The third-order valence-electron chi connectivity index (χ3n) is 4.52. The van der Waals surface area contributed by atoms with Gasteiger partial charge in [0.2, 0.25) is 0 Å². The van der Waals surface area contributed by atoms with Gasteiger partial charge in [-0.25, -0.2) is 5.01 Å². The molecule has 0 aliphatic carbocycles. The van der Waals surface area contributed by atoms with Gasteiger partial charge >= 0.3 is 0 Å². The van der Waals surface area contributed by atoms with Crippen LogP contribution in [0.1, 0.15) is 19.4 Å². The predicted molar refractivity (Wildman–Crippen MR) is 98.5 cm³/mol. The summed E-state index contributed by atoms with van der Waals surface area (Å²) in [5.41, 5.74) is 3.17. The van der Waals surface area contributed by atoms with Gasteiger partial charge in [0.1, 0.15) is 17.0 Å². The quantitative estimate of drug-likeness (QED) is 0.847. The highest BCUT2D eigenvalue weighted by Crippen LogP contribution is 2.49. The second-order valence-corrected chi connectivity index (χ2v) is 7.37. The fraction of sp³-hybridized carbons (Fsp3) is 0.278. The lowest BCUT2D eigenvalue weighted by Gasteiger charge is -2.41. The Kier molecular flexibility index (Phi) is 3.28. The van der Waals surface area contributed by atoms with E-state index in [2.05, 4.69) is 21.2 Å². The van der Waals surface area contributed by atoms with Crippen molar-refractivity contribution in [1.29, 1.82) is 0 Å². The predicted octanol–water partition coefficient (Wildman–Crippen LogP) is 3.93. The molecule has 5 nitrogen and oxygen atoms in total. The molecule has 0 spiro atoms. The summed E-state index contributed by atoms with van der Waals surface area (Å²) in [6, 6.07) is 11.8. The molecule has 2 heterocycles. The Morgan fingerprint density at radius 1 is 1.21 bits per heavy atom. The van der Waals surface area contributed by atoms with Crippen molar-refractivity contribution in [3.63, 3.8) is 0 Å². The van der Waals surface area contributed by atoms with Gasteiger partial charge in [0.15, 0.2) is 0 Å². The van der Waals surface area contributed by atoms with Crippen molar-refractivity contribution in [1.82, 2.24) is 0 Å². The number of hydrogen-bond donors (Lipinski definition) is 1. The van der Waals surface area contributed by atoms with Gasteiger partial charge in [-0.3, -0.25) is 9.80 Å². The number of benzene rings is 2. The number of rotatable bonds is 2. The molecule has 0 unspecified atom stereocenters. The maximum Gasteiger partial charge on any atom is 0.270 e. The van der Waals surface area contributed by atoms with E-state index in [1.54, 1.807) is 12.1 Å². The van der Waals surface area contributed by atoms with Crippen LogP contribution in [-0.2, 0) is 11.3 Å². The maximum atomic E-state index is 13.1. The van der Waals surface area contributed by atoms with Crippen LogP contribution in [0.4, 0.5) is 17.1 Å². The molecule has 124 valence electrons. The Morgan fingerprint density at radius 3 is 2.71 bits per heavy atom. The van der Waals surface area contributed by atoms with E-state index in [-0.39, 0.29) is 5.91 Å². The second kappa shape index (κ2) is 5.14. The van der Waals surface area contributed by atoms with Gasteiger partial charge in [-0.15, -0.1) is 0 Å². The van der Waals surface area contributed by atoms with Crippen LogP contribution >= 0.6 is 15.9 Å². The van der Waals surface area contributed by atoms with Crippen molar-refractivity contribution in [2.24, 2.45) is 0 Å². The highest BCUT2D eigenvalue weighted by molar-refractivity contribution is 9.10. The number of methoxy groups -OCH3 is 1. The van der Waals surface area contributed by atoms with Gasteiger partial charge in [0.05, 0.1) is 25.0 Å². The fourth-order valence-electron chi connectivity index (χ4n) is 3.35. The van der Waals surface area contributed by atoms with E-state index in [9.17, 15) is 4.79 Å². The summed E-state index contributed by atoms with van der Waals surface area (Å²) < 4.78 is 6.51. The Hall–Kier alpha value is -2.21. The number of halogens is 1. The Labute approximate surface area is 149 Å². The summed E-state index contributed by atoms with van der Waals surface area (Å²) in [5, 5.41) is 7.13. The first-order valence-electron chi connectivity index (χ1n) is 7.78. The Balaban J connectivity index is 1.93. The Bertz CT molecular complexity index is 850. The zero-order valence-corrected chi connectivity index (χ0v) is 15.3. The third kappa shape index (κ3) is 2.02. The SMILES string of the molecule is COc1ccccc1N1Cc2c(Br)ccc3c2N1C(=O)C(C)(C)N3. The van der Waals surface area contributed by atoms with Crippen molar-refractivity contribution < 1.29 is 9.53 Å². The minimum absolute atomic E-state index is 0.0118. The average molecular weight is 388 g/mol. The zero-order valence-electron chi connectivity index (χ0n) is 13.8. The average Bonchev–Trinajstić information content (AvgIpc) is 2.97. The molecule has 2 aromatic rings. The van der Waals surface area contributed by atoms with Gasteiger partial charge in [-0.05, 0) is 38.1 Å². The molecule has 24 heavy (non-hydrogen) atoms. The molecule has 0 fully saturated rings. The van der Waals surface area contributed by atoms with Crippen LogP contribution in [0.3, 0.4) is 0 Å². The van der Waals surface area contributed by atoms with Crippen LogP contribution in [0, 0.1) is 0 Å². The van der Waals surface area contributed by atoms with E-state index in [1.165, 1.54) is 0 Å². The van der Waals surface area contributed by atoms with Crippen LogP contribution < -0.4 is 20.1 Å². The summed E-state index contributed by atoms with van der Waals surface area (Å²) >= 11 is 3.62. The first kappa shape index (κ1) is 15.3. The number of anilines is 3. The summed E-state index contributed by atoms with van der Waals surface area (Å²) in [6.45, 7) is 4.41. The molecular weight excluding hydrogens is 370 g/mol. The van der Waals surface area contributed by atoms with Crippen molar-refractivity contribution in [3.05, 3.63) is 46.4 Å². The van der Waals surface area contributed by atoms with Crippen LogP contribution in [0.25, 0.3) is 0 Å². The summed E-state index contributed by atoms with van der Waals surface area (Å²) in [6.07, 6.45) is 0. The normalized spacial score (nSPS) is 17.6. The lowest BCUT2D eigenvalue weighted by Crippen LogP contribution is -2.57. The molecule has 1 N–H and O–H groups in total. The van der Waals surface area contributed by atoms with Gasteiger partial charge in [0.25, 0.3) is 5.91 Å². The third-order valence-corrected chi connectivity index (χ3v) is 5.27. The number of amides is 1. The van der Waals surface area contributed by atoms with Crippen molar-refractivity contribution in [2.45, 2.75) is 25.9 Å². The molecule has 0 saturated carbocycles. The van der Waals surface area contributed by atoms with E-state index in [1.807, 2.05) is 55.3 Å². The Morgan fingerprint density at radius 2 is 1.96 bits per heavy atom. The number of hydrazine groups is 1. The molecular formula is C18H18BrN3O2. The first-order chi connectivity index (χ1) is 11.4. The minimum atomic E-state index is -0.678. The van der Waals surface area contributed by atoms with E-state index < -0.39 is 5.54 Å². The lowest BCUT2D eigenvalue weighted by molar-refractivity contribution is -0.122. The van der Waals surface area contributed by atoms with Crippen LogP contribution in [0.5, 0.6) is 5.75 Å². The molecule has 0 radical (unpaired) electrons. The number of ether oxygens (including phenoxy) is 1. The first-order valence-corrected chi connectivity index (χ1v) is 8.58. The largest absolute Gasteiger partial charge is 0.495 e. The number of para-hydroxylation sites is 2. The van der Waals surface area contributed by atoms with Crippen molar-refractivity contribution >= 4 is 38.9 Å². The highest BCUT2D eigenvalue weighted by atomic mass is 79.9. The van der Waals surface area contributed by atoms with Gasteiger partial charge in [0, 0.05) is 10.0 Å². The smallest absolute Gasteiger partial charge is 0.270 e. The molecule has 4 rings (SSSR count). The number of carbonyl (C=O) groups excluding carboxylic acids is 1. The molecule has 6 heteroatoms. The van der Waals surface area contributed by atoms with E-state index >= 15 is 0 Å². The van der Waals surface area contributed by atoms with Crippen LogP contribution in [0.2, 0.25) is 0 Å².